The summed E-state index contributed by atoms with van der Waals surface area (Å²) >= 11 is 0. The van der Waals surface area contributed by atoms with E-state index in [1.807, 2.05) is 0 Å². The second-order valence-electron chi connectivity index (χ2n) is 8.16. The van der Waals surface area contributed by atoms with Crippen LogP contribution in [0.5, 0.6) is 5.75 Å². The van der Waals surface area contributed by atoms with Crippen molar-refractivity contribution in [2.45, 2.75) is 44.3 Å². The molecule has 10 heteroatoms. The Morgan fingerprint density at radius 2 is 1.82 bits per heavy atom. The molecule has 1 aromatic heterocycles. The normalized spacial score (nSPS) is 15.0. The minimum absolute atomic E-state index is 0.0415. The van der Waals surface area contributed by atoms with Crippen molar-refractivity contribution in [3.63, 3.8) is 0 Å². The number of aromatic hydroxyl groups is 1. The molecule has 0 atom stereocenters. The molecule has 1 aliphatic carbocycles. The summed E-state index contributed by atoms with van der Waals surface area (Å²) in [6.07, 6.45) is -0.501. The number of phenolic OH excluding ortho intramolecular Hbond substituents is 1. The number of amidine groups is 1. The number of amides is 1. The number of aromatic amines is 1. The molecule has 0 bridgehead atoms. The molecular weight excluding hydrogens is 452 g/mol. The number of hydrogen-bond donors (Lipinski definition) is 3. The van der Waals surface area contributed by atoms with Crippen LogP contribution >= 0.6 is 0 Å². The number of nitrogens with zero attached hydrogens (tertiary/aromatic N) is 2. The lowest BCUT2D eigenvalue weighted by molar-refractivity contribution is -0.137. The van der Waals surface area contributed by atoms with Gasteiger partial charge < -0.3 is 10.4 Å². The zero-order chi connectivity index (χ0) is 24.3. The molecule has 0 aliphatic heterocycles. The van der Waals surface area contributed by atoms with Gasteiger partial charge in [-0.25, -0.2) is 4.39 Å². The first kappa shape index (κ1) is 23.5. The molecule has 34 heavy (non-hydrogen) atoms. The molecular formula is C24H22F4N4O2. The predicted molar refractivity (Wildman–Crippen MR) is 118 cm³/mol. The van der Waals surface area contributed by atoms with Crippen molar-refractivity contribution in [1.82, 2.24) is 15.5 Å². The number of phenols is 1. The molecule has 0 saturated heterocycles. The standard InChI is InChI=1S/C24H22F4N4O2/c25-20-13-18(33)9-10-19(20)21-11-17(31-32-21)12-22(29-16-3-1-2-4-16)30-23(34)14-5-7-15(8-6-14)24(26,27)28/h5-11,13,16,33H,1-4,12H2,(H,31,32)(H,29,30,34). The largest absolute Gasteiger partial charge is 0.508 e. The Labute approximate surface area is 192 Å². The fourth-order valence-electron chi connectivity index (χ4n) is 3.87. The minimum Gasteiger partial charge on any atom is -0.508 e. The van der Waals surface area contributed by atoms with Crippen molar-refractivity contribution in [2.24, 2.45) is 4.99 Å². The van der Waals surface area contributed by atoms with Gasteiger partial charge in [0.15, 0.2) is 0 Å². The van der Waals surface area contributed by atoms with Crippen molar-refractivity contribution < 1.29 is 27.5 Å². The molecule has 178 valence electrons. The van der Waals surface area contributed by atoms with E-state index < -0.39 is 23.5 Å². The van der Waals surface area contributed by atoms with Gasteiger partial charge in [0.1, 0.15) is 17.4 Å². The van der Waals surface area contributed by atoms with Gasteiger partial charge in [0.2, 0.25) is 0 Å². The highest BCUT2D eigenvalue weighted by Crippen LogP contribution is 2.29. The van der Waals surface area contributed by atoms with Crippen molar-refractivity contribution in [2.75, 3.05) is 0 Å². The van der Waals surface area contributed by atoms with Crippen molar-refractivity contribution in [3.8, 4) is 17.0 Å². The zero-order valence-corrected chi connectivity index (χ0v) is 18.0. The summed E-state index contributed by atoms with van der Waals surface area (Å²) in [5.41, 5.74) is 0.316. The summed E-state index contributed by atoms with van der Waals surface area (Å²) in [6, 6.07) is 9.35. The molecule has 1 aliphatic rings. The van der Waals surface area contributed by atoms with Crippen LogP contribution in [-0.4, -0.2) is 33.1 Å². The van der Waals surface area contributed by atoms with Crippen molar-refractivity contribution >= 4 is 11.7 Å². The molecule has 0 radical (unpaired) electrons. The Kier molecular flexibility index (Phi) is 6.67. The van der Waals surface area contributed by atoms with Crippen LogP contribution in [0, 0.1) is 5.82 Å². The van der Waals surface area contributed by atoms with Gasteiger partial charge in [0.25, 0.3) is 5.91 Å². The van der Waals surface area contributed by atoms with Crippen LogP contribution in [0.3, 0.4) is 0 Å². The topological polar surface area (TPSA) is 90.4 Å². The summed E-state index contributed by atoms with van der Waals surface area (Å²) in [5, 5.41) is 19.0. The molecule has 0 spiro atoms. The molecule has 3 N–H and O–H groups in total. The SMILES string of the molecule is O=C(NC(Cc1cc(-c2ccc(O)cc2F)n[nH]1)=NC1CCCC1)c1ccc(C(F)(F)F)cc1. The summed E-state index contributed by atoms with van der Waals surface area (Å²) in [6.45, 7) is 0. The molecule has 0 unspecified atom stereocenters. The molecule has 4 rings (SSSR count). The Morgan fingerprint density at radius 1 is 1.12 bits per heavy atom. The number of aromatic nitrogens is 2. The molecule has 1 fully saturated rings. The minimum atomic E-state index is -4.49. The van der Waals surface area contributed by atoms with E-state index in [1.54, 1.807) is 6.07 Å². The smallest absolute Gasteiger partial charge is 0.416 e. The van der Waals surface area contributed by atoms with E-state index in [1.165, 1.54) is 12.1 Å². The number of carbonyl (C=O) groups is 1. The molecule has 1 heterocycles. The number of rotatable bonds is 5. The van der Waals surface area contributed by atoms with E-state index in [0.29, 0.717) is 17.2 Å². The average molecular weight is 474 g/mol. The lowest BCUT2D eigenvalue weighted by Gasteiger charge is -2.12. The second kappa shape index (κ2) is 9.66. The van der Waals surface area contributed by atoms with E-state index in [-0.39, 0.29) is 29.3 Å². The van der Waals surface area contributed by atoms with Crippen LogP contribution < -0.4 is 5.32 Å². The third kappa shape index (κ3) is 5.62. The molecule has 1 amide bonds. The summed E-state index contributed by atoms with van der Waals surface area (Å²) < 4.78 is 52.6. The summed E-state index contributed by atoms with van der Waals surface area (Å²) in [4.78, 5) is 17.4. The van der Waals surface area contributed by atoms with Crippen LogP contribution in [-0.2, 0) is 12.6 Å². The van der Waals surface area contributed by atoms with E-state index >= 15 is 0 Å². The van der Waals surface area contributed by atoms with Gasteiger partial charge in [-0.15, -0.1) is 0 Å². The number of benzene rings is 2. The van der Waals surface area contributed by atoms with E-state index in [4.69, 9.17) is 0 Å². The first-order chi connectivity index (χ1) is 16.2. The number of alkyl halides is 3. The van der Waals surface area contributed by atoms with Gasteiger partial charge in [-0.3, -0.25) is 14.9 Å². The Morgan fingerprint density at radius 3 is 2.47 bits per heavy atom. The number of hydrogen-bond acceptors (Lipinski definition) is 4. The third-order valence-corrected chi connectivity index (χ3v) is 5.61. The number of H-pyrrole nitrogens is 1. The molecule has 6 nitrogen and oxygen atoms in total. The van der Waals surface area contributed by atoms with Crippen LogP contribution in [0.15, 0.2) is 53.5 Å². The highest BCUT2D eigenvalue weighted by atomic mass is 19.4. The van der Waals surface area contributed by atoms with Crippen LogP contribution in [0.25, 0.3) is 11.3 Å². The van der Waals surface area contributed by atoms with Crippen LogP contribution in [0.1, 0.15) is 47.3 Å². The van der Waals surface area contributed by atoms with E-state index in [2.05, 4.69) is 20.5 Å². The zero-order valence-electron chi connectivity index (χ0n) is 18.0. The Bertz CT molecular complexity index is 1200. The van der Waals surface area contributed by atoms with E-state index in [9.17, 15) is 27.5 Å². The maximum absolute atomic E-state index is 14.2. The average Bonchev–Trinajstić information content (AvgIpc) is 3.45. The van der Waals surface area contributed by atoms with Crippen LogP contribution in [0.2, 0.25) is 0 Å². The maximum atomic E-state index is 14.2. The first-order valence-corrected chi connectivity index (χ1v) is 10.8. The van der Waals surface area contributed by atoms with Gasteiger partial charge in [-0.2, -0.15) is 18.3 Å². The van der Waals surface area contributed by atoms with Gasteiger partial charge in [0.05, 0.1) is 17.3 Å². The Balaban J connectivity index is 1.53. The monoisotopic (exact) mass is 474 g/mol. The first-order valence-electron chi connectivity index (χ1n) is 10.8. The van der Waals surface area contributed by atoms with Gasteiger partial charge in [-0.1, -0.05) is 12.8 Å². The lowest BCUT2D eigenvalue weighted by atomic mass is 10.1. The predicted octanol–water partition coefficient (Wildman–Crippen LogP) is 5.25. The van der Waals surface area contributed by atoms with E-state index in [0.717, 1.165) is 56.0 Å². The number of halogens is 4. The van der Waals surface area contributed by atoms with Crippen molar-refractivity contribution in [3.05, 3.63) is 71.2 Å². The summed E-state index contributed by atoms with van der Waals surface area (Å²) in [5.74, 6) is -1.06. The number of nitrogens with one attached hydrogen (secondary N) is 2. The van der Waals surface area contributed by atoms with Gasteiger partial charge in [0, 0.05) is 29.3 Å². The number of aliphatic imine (C=N–C) groups is 1. The Hall–Kier alpha value is -3.69. The second-order valence-corrected chi connectivity index (χ2v) is 8.16. The fraction of sp³-hybridized carbons (Fsp3) is 0.292. The van der Waals surface area contributed by atoms with Gasteiger partial charge >= 0.3 is 6.18 Å². The maximum Gasteiger partial charge on any atom is 0.416 e. The van der Waals surface area contributed by atoms with Gasteiger partial charge in [-0.05, 0) is 55.3 Å². The third-order valence-electron chi connectivity index (χ3n) is 5.61. The number of carbonyl (C=O) groups excluding carboxylic acids is 1. The summed E-state index contributed by atoms with van der Waals surface area (Å²) in [7, 11) is 0. The molecule has 1 saturated carbocycles. The van der Waals surface area contributed by atoms with Crippen LogP contribution in [0.4, 0.5) is 17.6 Å². The fourth-order valence-corrected chi connectivity index (χ4v) is 3.87. The highest BCUT2D eigenvalue weighted by molar-refractivity contribution is 6.07. The quantitative estimate of drug-likeness (QED) is 0.268. The lowest BCUT2D eigenvalue weighted by Crippen LogP contribution is -2.33. The molecule has 2 aromatic carbocycles. The molecule has 3 aromatic rings. The van der Waals surface area contributed by atoms with Crippen molar-refractivity contribution in [1.29, 1.82) is 0 Å². The highest BCUT2D eigenvalue weighted by Gasteiger charge is 2.30.